The van der Waals surface area contributed by atoms with Crippen molar-refractivity contribution in [1.29, 1.82) is 0 Å². The molecule has 1 aromatic carbocycles. The van der Waals surface area contributed by atoms with E-state index in [4.69, 9.17) is 9.15 Å². The van der Waals surface area contributed by atoms with Crippen LogP contribution in [0.2, 0.25) is 0 Å². The molecular formula is C24H24N4O3. The van der Waals surface area contributed by atoms with Crippen LogP contribution in [0.3, 0.4) is 0 Å². The monoisotopic (exact) mass is 416 g/mol. The zero-order valence-electron chi connectivity index (χ0n) is 17.8. The van der Waals surface area contributed by atoms with Crippen molar-refractivity contribution in [3.63, 3.8) is 0 Å². The summed E-state index contributed by atoms with van der Waals surface area (Å²) in [5.74, 6) is 2.24. The standard InChI is InChI=1S/C24H24N4O3/c1-14-10-15(2)26-24(25-14)28-23(16-6-4-7-18(11-16)30-3)22-19(27-28)12-17(13-20(22)29)21-8-5-9-31-21/h4-11,17,23,27H,12-13H2,1-3H3/t17-,23+/m0/s1. The fourth-order valence-electron chi connectivity index (χ4n) is 4.53. The van der Waals surface area contributed by atoms with Crippen LogP contribution < -0.4 is 15.2 Å². The maximum absolute atomic E-state index is 13.4. The van der Waals surface area contributed by atoms with Gasteiger partial charge in [-0.3, -0.25) is 10.2 Å². The number of hydrazine groups is 1. The third-order valence-electron chi connectivity index (χ3n) is 5.84. The van der Waals surface area contributed by atoms with E-state index in [2.05, 4.69) is 15.4 Å². The zero-order chi connectivity index (χ0) is 21.5. The number of anilines is 1. The Morgan fingerprint density at radius 3 is 2.61 bits per heavy atom. The molecule has 2 aliphatic rings. The van der Waals surface area contributed by atoms with Crippen LogP contribution in [0.4, 0.5) is 5.95 Å². The minimum absolute atomic E-state index is 0.0137. The van der Waals surface area contributed by atoms with Crippen molar-refractivity contribution in [3.8, 4) is 5.75 Å². The van der Waals surface area contributed by atoms with Gasteiger partial charge in [-0.15, -0.1) is 0 Å². The van der Waals surface area contributed by atoms with Gasteiger partial charge in [-0.05, 0) is 56.2 Å². The third-order valence-corrected chi connectivity index (χ3v) is 5.84. The summed E-state index contributed by atoms with van der Waals surface area (Å²) in [5.41, 5.74) is 7.81. The molecule has 0 bridgehead atoms. The Morgan fingerprint density at radius 2 is 1.90 bits per heavy atom. The number of rotatable bonds is 4. The minimum Gasteiger partial charge on any atom is -0.497 e. The Morgan fingerprint density at radius 1 is 1.10 bits per heavy atom. The predicted octanol–water partition coefficient (Wildman–Crippen LogP) is 4.16. The fraction of sp³-hybridized carbons (Fsp3) is 0.292. The van der Waals surface area contributed by atoms with Crippen molar-refractivity contribution in [2.45, 2.75) is 38.6 Å². The molecular weight excluding hydrogens is 392 g/mol. The highest BCUT2D eigenvalue weighted by Crippen LogP contribution is 2.45. The molecule has 0 spiro atoms. The molecule has 0 saturated heterocycles. The first-order valence-electron chi connectivity index (χ1n) is 10.3. The lowest BCUT2D eigenvalue weighted by Gasteiger charge is -2.27. The summed E-state index contributed by atoms with van der Waals surface area (Å²) in [6.07, 6.45) is 2.76. The molecule has 1 aliphatic heterocycles. The maximum atomic E-state index is 13.4. The van der Waals surface area contributed by atoms with Gasteiger partial charge in [0.15, 0.2) is 5.78 Å². The van der Waals surface area contributed by atoms with Crippen LogP contribution in [0.25, 0.3) is 0 Å². The number of allylic oxidation sites excluding steroid dienone is 1. The number of aromatic nitrogens is 2. The Kier molecular flexibility index (Phi) is 4.73. The molecule has 2 atom stereocenters. The van der Waals surface area contributed by atoms with E-state index in [0.29, 0.717) is 18.8 Å². The molecule has 5 rings (SSSR count). The van der Waals surface area contributed by atoms with E-state index in [0.717, 1.165) is 39.7 Å². The van der Waals surface area contributed by atoms with Crippen molar-refractivity contribution >= 4 is 11.7 Å². The number of ether oxygens (including phenoxy) is 1. The molecule has 7 nitrogen and oxygen atoms in total. The number of Topliss-reactive ketones (excluding diaryl/α,β-unsaturated/α-hetero) is 1. The molecule has 3 aromatic rings. The van der Waals surface area contributed by atoms with Crippen LogP contribution in [-0.2, 0) is 4.79 Å². The van der Waals surface area contributed by atoms with Gasteiger partial charge in [0.1, 0.15) is 17.6 Å². The number of aryl methyl sites for hydroxylation is 2. The second kappa shape index (κ2) is 7.58. The molecule has 0 unspecified atom stereocenters. The van der Waals surface area contributed by atoms with Crippen molar-refractivity contribution in [2.24, 2.45) is 0 Å². The van der Waals surface area contributed by atoms with E-state index in [1.165, 1.54) is 0 Å². The normalized spacial score (nSPS) is 20.6. The molecule has 1 N–H and O–H groups in total. The minimum atomic E-state index is -0.337. The first kappa shape index (κ1) is 19.4. The molecule has 0 fully saturated rings. The van der Waals surface area contributed by atoms with Gasteiger partial charge < -0.3 is 9.15 Å². The number of carbonyl (C=O) groups is 1. The molecule has 0 saturated carbocycles. The second-order valence-corrected chi connectivity index (χ2v) is 8.05. The van der Waals surface area contributed by atoms with E-state index in [1.54, 1.807) is 13.4 Å². The molecule has 158 valence electrons. The summed E-state index contributed by atoms with van der Waals surface area (Å²) in [4.78, 5) is 22.7. The van der Waals surface area contributed by atoms with E-state index >= 15 is 0 Å². The van der Waals surface area contributed by atoms with Crippen LogP contribution >= 0.6 is 0 Å². The van der Waals surface area contributed by atoms with Gasteiger partial charge in [0.2, 0.25) is 5.95 Å². The summed E-state index contributed by atoms with van der Waals surface area (Å²) in [5, 5.41) is 1.90. The summed E-state index contributed by atoms with van der Waals surface area (Å²) in [7, 11) is 1.64. The average Bonchev–Trinajstić information content (AvgIpc) is 3.41. The van der Waals surface area contributed by atoms with Crippen LogP contribution in [0.1, 0.15) is 47.5 Å². The van der Waals surface area contributed by atoms with Crippen LogP contribution in [0.15, 0.2) is 64.4 Å². The third kappa shape index (κ3) is 3.46. The lowest BCUT2D eigenvalue weighted by atomic mass is 9.81. The Balaban J connectivity index is 1.60. The number of benzene rings is 1. The molecule has 3 heterocycles. The maximum Gasteiger partial charge on any atom is 0.245 e. The number of carbonyl (C=O) groups excluding carboxylic acids is 1. The van der Waals surface area contributed by atoms with Crippen molar-refractivity contribution in [2.75, 3.05) is 12.1 Å². The summed E-state index contributed by atoms with van der Waals surface area (Å²) < 4.78 is 11.0. The Hall–Kier alpha value is -3.61. The van der Waals surface area contributed by atoms with E-state index < -0.39 is 0 Å². The highest BCUT2D eigenvalue weighted by molar-refractivity contribution is 6.00. The number of nitrogens with zero attached hydrogens (tertiary/aromatic N) is 3. The van der Waals surface area contributed by atoms with Gasteiger partial charge in [0.05, 0.1) is 13.4 Å². The number of ketones is 1. The summed E-state index contributed by atoms with van der Waals surface area (Å²) in [6.45, 7) is 3.89. The second-order valence-electron chi connectivity index (χ2n) is 8.05. The smallest absolute Gasteiger partial charge is 0.245 e. The van der Waals surface area contributed by atoms with Gasteiger partial charge in [-0.25, -0.2) is 15.0 Å². The van der Waals surface area contributed by atoms with Gasteiger partial charge in [-0.1, -0.05) is 12.1 Å². The number of methoxy groups -OCH3 is 1. The first-order valence-corrected chi connectivity index (χ1v) is 10.3. The zero-order valence-corrected chi connectivity index (χ0v) is 17.8. The van der Waals surface area contributed by atoms with Gasteiger partial charge >= 0.3 is 0 Å². The highest BCUT2D eigenvalue weighted by Gasteiger charge is 2.43. The lowest BCUT2D eigenvalue weighted by molar-refractivity contribution is -0.116. The quantitative estimate of drug-likeness (QED) is 0.684. The first-order chi connectivity index (χ1) is 15.0. The molecule has 0 radical (unpaired) electrons. The Bertz CT molecular complexity index is 1150. The van der Waals surface area contributed by atoms with Crippen molar-refractivity contribution in [3.05, 3.63) is 82.7 Å². The summed E-state index contributed by atoms with van der Waals surface area (Å²) in [6, 6.07) is 13.2. The highest BCUT2D eigenvalue weighted by atomic mass is 16.5. The molecule has 2 aromatic heterocycles. The van der Waals surface area contributed by atoms with Gasteiger partial charge in [-0.2, -0.15) is 0 Å². The van der Waals surface area contributed by atoms with Crippen LogP contribution in [-0.4, -0.2) is 22.9 Å². The largest absolute Gasteiger partial charge is 0.497 e. The molecule has 31 heavy (non-hydrogen) atoms. The predicted molar refractivity (Wildman–Crippen MR) is 116 cm³/mol. The van der Waals surface area contributed by atoms with E-state index in [-0.39, 0.29) is 17.7 Å². The van der Waals surface area contributed by atoms with E-state index in [1.807, 2.05) is 61.3 Å². The average molecular weight is 416 g/mol. The SMILES string of the molecule is COc1cccc([C@@H]2C3=C(C[C@H](c4ccco4)CC3=O)NN2c2nc(C)cc(C)n2)c1. The molecule has 0 amide bonds. The van der Waals surface area contributed by atoms with Crippen molar-refractivity contribution < 1.29 is 13.9 Å². The van der Waals surface area contributed by atoms with Gasteiger partial charge in [0.25, 0.3) is 0 Å². The number of furan rings is 1. The van der Waals surface area contributed by atoms with Crippen molar-refractivity contribution in [1.82, 2.24) is 15.4 Å². The number of hydrogen-bond acceptors (Lipinski definition) is 7. The molecule has 7 heteroatoms. The fourth-order valence-corrected chi connectivity index (χ4v) is 4.53. The van der Waals surface area contributed by atoms with Gasteiger partial charge in [0, 0.05) is 35.0 Å². The van der Waals surface area contributed by atoms with Crippen LogP contribution in [0, 0.1) is 13.8 Å². The summed E-state index contributed by atoms with van der Waals surface area (Å²) >= 11 is 0. The Labute approximate surface area is 180 Å². The lowest BCUT2D eigenvalue weighted by Crippen LogP contribution is -2.36. The van der Waals surface area contributed by atoms with E-state index in [9.17, 15) is 4.79 Å². The number of hydrogen-bond donors (Lipinski definition) is 1. The van der Waals surface area contributed by atoms with Crippen LogP contribution in [0.5, 0.6) is 5.75 Å². The molecule has 1 aliphatic carbocycles. The number of nitrogens with one attached hydrogen (secondary N) is 1. The topological polar surface area (TPSA) is 80.5 Å².